The molecule has 0 aromatic heterocycles. The van der Waals surface area contributed by atoms with Crippen molar-refractivity contribution in [2.75, 3.05) is 13.6 Å². The Kier molecular flexibility index (Phi) is 5.37. The van der Waals surface area contributed by atoms with Crippen LogP contribution in [0.4, 0.5) is 0 Å². The van der Waals surface area contributed by atoms with Crippen LogP contribution in [0.2, 0.25) is 0 Å². The van der Waals surface area contributed by atoms with Gasteiger partial charge in [-0.3, -0.25) is 19.9 Å². The van der Waals surface area contributed by atoms with E-state index in [4.69, 9.17) is 5.84 Å². The van der Waals surface area contributed by atoms with Crippen LogP contribution in [0.15, 0.2) is 0 Å². The summed E-state index contributed by atoms with van der Waals surface area (Å²) < 4.78 is 0. The molecule has 1 unspecified atom stereocenters. The van der Waals surface area contributed by atoms with Gasteiger partial charge < -0.3 is 5.32 Å². The molecule has 2 amide bonds. The standard InChI is InChI=1S/C11H22N4O2/c1-8(3-6-10(16)14-12)15(2)7-11(17)13-9-4-5-9/h8-9H,3-7,12H2,1-2H3,(H,13,17)(H,14,16). The minimum Gasteiger partial charge on any atom is -0.352 e. The highest BCUT2D eigenvalue weighted by atomic mass is 16.2. The molecule has 0 aromatic carbocycles. The molecule has 98 valence electrons. The summed E-state index contributed by atoms with van der Waals surface area (Å²) in [5, 5.41) is 2.94. The zero-order valence-corrected chi connectivity index (χ0v) is 10.5. The molecule has 0 bridgehead atoms. The lowest BCUT2D eigenvalue weighted by Gasteiger charge is -2.23. The number of hydrazine groups is 1. The minimum absolute atomic E-state index is 0.0603. The maximum atomic E-state index is 11.6. The maximum Gasteiger partial charge on any atom is 0.234 e. The molecule has 0 aliphatic heterocycles. The molecule has 1 aliphatic carbocycles. The highest BCUT2D eigenvalue weighted by Crippen LogP contribution is 2.18. The molecule has 1 aliphatic rings. The fraction of sp³-hybridized carbons (Fsp3) is 0.818. The van der Waals surface area contributed by atoms with Crippen molar-refractivity contribution < 1.29 is 9.59 Å². The molecule has 1 rings (SSSR count). The minimum atomic E-state index is -0.173. The van der Waals surface area contributed by atoms with E-state index in [1.54, 1.807) is 0 Å². The SMILES string of the molecule is CC(CCC(=O)NN)N(C)CC(=O)NC1CC1. The Labute approximate surface area is 102 Å². The largest absolute Gasteiger partial charge is 0.352 e. The van der Waals surface area contributed by atoms with Crippen LogP contribution < -0.4 is 16.6 Å². The highest BCUT2D eigenvalue weighted by Gasteiger charge is 2.24. The van der Waals surface area contributed by atoms with Crippen LogP contribution in [-0.4, -0.2) is 42.4 Å². The van der Waals surface area contributed by atoms with E-state index >= 15 is 0 Å². The molecular weight excluding hydrogens is 220 g/mol. The third-order valence-electron chi connectivity index (χ3n) is 3.04. The highest BCUT2D eigenvalue weighted by molar-refractivity contribution is 5.78. The van der Waals surface area contributed by atoms with E-state index in [2.05, 4.69) is 10.7 Å². The molecule has 4 N–H and O–H groups in total. The smallest absolute Gasteiger partial charge is 0.234 e. The van der Waals surface area contributed by atoms with Gasteiger partial charge in [0.25, 0.3) is 0 Å². The van der Waals surface area contributed by atoms with Gasteiger partial charge in [0.1, 0.15) is 0 Å². The number of nitrogens with one attached hydrogen (secondary N) is 2. The van der Waals surface area contributed by atoms with E-state index in [0.717, 1.165) is 12.8 Å². The van der Waals surface area contributed by atoms with Crippen molar-refractivity contribution in [3.8, 4) is 0 Å². The Balaban J connectivity index is 2.17. The summed E-state index contributed by atoms with van der Waals surface area (Å²) >= 11 is 0. The molecule has 0 saturated heterocycles. The Hall–Kier alpha value is -1.14. The molecule has 0 spiro atoms. The first-order chi connectivity index (χ1) is 8.02. The first kappa shape index (κ1) is 13.9. The van der Waals surface area contributed by atoms with Crippen LogP contribution in [0.1, 0.15) is 32.6 Å². The van der Waals surface area contributed by atoms with Gasteiger partial charge in [0.2, 0.25) is 11.8 Å². The third-order valence-corrected chi connectivity index (χ3v) is 3.04. The van der Waals surface area contributed by atoms with E-state index in [-0.39, 0.29) is 17.9 Å². The molecule has 6 heteroatoms. The summed E-state index contributed by atoms with van der Waals surface area (Å²) in [5.74, 6) is 4.89. The van der Waals surface area contributed by atoms with Gasteiger partial charge in [0.05, 0.1) is 6.54 Å². The lowest BCUT2D eigenvalue weighted by Crippen LogP contribution is -2.40. The van der Waals surface area contributed by atoms with Crippen molar-refractivity contribution in [3.05, 3.63) is 0 Å². The summed E-state index contributed by atoms with van der Waals surface area (Å²) in [6.07, 6.45) is 3.27. The van der Waals surface area contributed by atoms with Gasteiger partial charge in [-0.1, -0.05) is 0 Å². The molecule has 0 aromatic rings. The van der Waals surface area contributed by atoms with Crippen LogP contribution in [0, 0.1) is 0 Å². The van der Waals surface area contributed by atoms with Crippen molar-refractivity contribution in [2.24, 2.45) is 5.84 Å². The second-order valence-corrected chi connectivity index (χ2v) is 4.71. The lowest BCUT2D eigenvalue weighted by atomic mass is 10.1. The molecule has 0 radical (unpaired) electrons. The number of nitrogens with zero attached hydrogens (tertiary/aromatic N) is 1. The Morgan fingerprint density at radius 2 is 2.06 bits per heavy atom. The fourth-order valence-electron chi connectivity index (χ4n) is 1.52. The van der Waals surface area contributed by atoms with Crippen LogP contribution in [-0.2, 0) is 9.59 Å². The van der Waals surface area contributed by atoms with Crippen LogP contribution in [0.25, 0.3) is 0 Å². The predicted molar refractivity (Wildman–Crippen MR) is 64.8 cm³/mol. The van der Waals surface area contributed by atoms with Crippen LogP contribution in [0.5, 0.6) is 0 Å². The van der Waals surface area contributed by atoms with Gasteiger partial charge in [-0.15, -0.1) is 0 Å². The van der Waals surface area contributed by atoms with Crippen molar-refractivity contribution in [2.45, 2.75) is 44.7 Å². The first-order valence-electron chi connectivity index (χ1n) is 6.02. The second-order valence-electron chi connectivity index (χ2n) is 4.71. The topological polar surface area (TPSA) is 87.5 Å². The molecule has 6 nitrogen and oxygen atoms in total. The van der Waals surface area contributed by atoms with Gasteiger partial charge in [0.15, 0.2) is 0 Å². The Morgan fingerprint density at radius 1 is 1.41 bits per heavy atom. The monoisotopic (exact) mass is 242 g/mol. The molecule has 17 heavy (non-hydrogen) atoms. The number of hydrogen-bond acceptors (Lipinski definition) is 4. The summed E-state index contributed by atoms with van der Waals surface area (Å²) in [4.78, 5) is 24.5. The average molecular weight is 242 g/mol. The quantitative estimate of drug-likeness (QED) is 0.315. The number of hydrogen-bond donors (Lipinski definition) is 3. The second kappa shape index (κ2) is 6.56. The summed E-state index contributed by atoms with van der Waals surface area (Å²) in [6.45, 7) is 2.37. The molecule has 1 atom stereocenters. The van der Waals surface area contributed by atoms with Gasteiger partial charge in [-0.05, 0) is 33.2 Å². The van der Waals surface area contributed by atoms with E-state index < -0.39 is 0 Å². The van der Waals surface area contributed by atoms with Gasteiger partial charge in [-0.2, -0.15) is 0 Å². The van der Waals surface area contributed by atoms with Crippen molar-refractivity contribution >= 4 is 11.8 Å². The zero-order chi connectivity index (χ0) is 12.8. The van der Waals surface area contributed by atoms with E-state index in [1.807, 2.05) is 18.9 Å². The van der Waals surface area contributed by atoms with Crippen molar-refractivity contribution in [3.63, 3.8) is 0 Å². The summed E-state index contributed by atoms with van der Waals surface area (Å²) in [7, 11) is 1.89. The molecule has 0 heterocycles. The van der Waals surface area contributed by atoms with E-state index in [0.29, 0.717) is 25.4 Å². The summed E-state index contributed by atoms with van der Waals surface area (Å²) in [5.41, 5.74) is 2.10. The van der Waals surface area contributed by atoms with Crippen molar-refractivity contribution in [1.29, 1.82) is 0 Å². The Morgan fingerprint density at radius 3 is 2.59 bits per heavy atom. The van der Waals surface area contributed by atoms with E-state index in [1.165, 1.54) is 0 Å². The number of carbonyl (C=O) groups excluding carboxylic acids is 2. The maximum absolute atomic E-state index is 11.6. The average Bonchev–Trinajstić information content (AvgIpc) is 3.08. The normalized spacial score (nSPS) is 16.7. The van der Waals surface area contributed by atoms with E-state index in [9.17, 15) is 9.59 Å². The number of carbonyl (C=O) groups is 2. The van der Waals surface area contributed by atoms with Crippen LogP contribution in [0.3, 0.4) is 0 Å². The first-order valence-corrected chi connectivity index (χ1v) is 6.02. The van der Waals surface area contributed by atoms with Crippen LogP contribution >= 0.6 is 0 Å². The van der Waals surface area contributed by atoms with Crippen molar-refractivity contribution in [1.82, 2.24) is 15.6 Å². The number of amides is 2. The lowest BCUT2D eigenvalue weighted by molar-refractivity contribution is -0.122. The molecular formula is C11H22N4O2. The van der Waals surface area contributed by atoms with Gasteiger partial charge in [-0.25, -0.2) is 5.84 Å². The fourth-order valence-corrected chi connectivity index (χ4v) is 1.52. The number of nitrogens with two attached hydrogens (primary N) is 1. The van der Waals surface area contributed by atoms with Gasteiger partial charge in [0, 0.05) is 18.5 Å². The van der Waals surface area contributed by atoms with Gasteiger partial charge >= 0.3 is 0 Å². The summed E-state index contributed by atoms with van der Waals surface area (Å²) in [6, 6.07) is 0.575. The molecule has 1 saturated carbocycles. The Bertz CT molecular complexity index is 279. The number of likely N-dealkylation sites (N-methyl/N-ethyl adjacent to an activating group) is 1. The predicted octanol–water partition coefficient (Wildman–Crippen LogP) is -0.645. The third kappa shape index (κ3) is 5.65. The number of rotatable bonds is 7. The zero-order valence-electron chi connectivity index (χ0n) is 10.5. The molecule has 1 fully saturated rings.